The zero-order valence-corrected chi connectivity index (χ0v) is 12.3. The maximum atomic E-state index is 10.6. The van der Waals surface area contributed by atoms with E-state index in [1.807, 2.05) is 6.07 Å². The van der Waals surface area contributed by atoms with E-state index in [4.69, 9.17) is 11.6 Å². The molecule has 9 heteroatoms. The Kier molecular flexibility index (Phi) is 2.91. The normalized spacial score (nSPS) is 11.2. The van der Waals surface area contributed by atoms with Crippen LogP contribution in [-0.2, 0) is 0 Å². The van der Waals surface area contributed by atoms with Crippen LogP contribution in [0.5, 0.6) is 0 Å². The van der Waals surface area contributed by atoms with Crippen molar-refractivity contribution in [1.82, 2.24) is 19.6 Å². The molecule has 0 aliphatic carbocycles. The summed E-state index contributed by atoms with van der Waals surface area (Å²) in [6.45, 7) is 0. The van der Waals surface area contributed by atoms with Crippen LogP contribution in [0.4, 0.5) is 17.3 Å². The lowest BCUT2D eigenvalue weighted by Gasteiger charge is -2.01. The first-order valence-electron chi connectivity index (χ1n) is 6.65. The molecule has 0 amide bonds. The van der Waals surface area contributed by atoms with Crippen molar-refractivity contribution in [2.24, 2.45) is 0 Å². The summed E-state index contributed by atoms with van der Waals surface area (Å²) < 4.78 is 1.74. The average Bonchev–Trinajstić information content (AvgIpc) is 3.04. The number of halogens is 1. The van der Waals surface area contributed by atoms with Crippen molar-refractivity contribution in [3.8, 4) is 0 Å². The Morgan fingerprint density at radius 1 is 1.17 bits per heavy atom. The molecule has 8 nitrogen and oxygen atoms in total. The first kappa shape index (κ1) is 13.5. The Morgan fingerprint density at radius 2 is 1.96 bits per heavy atom. The van der Waals surface area contributed by atoms with Crippen LogP contribution in [0.15, 0.2) is 42.5 Å². The minimum Gasteiger partial charge on any atom is -0.325 e. The molecular formula is C14H9ClN6O2. The van der Waals surface area contributed by atoms with E-state index in [1.54, 1.807) is 28.8 Å². The minimum atomic E-state index is -0.442. The number of fused-ring (bicyclic) bond motifs is 3. The molecule has 0 atom stereocenters. The van der Waals surface area contributed by atoms with Gasteiger partial charge in [-0.25, -0.2) is 9.50 Å². The van der Waals surface area contributed by atoms with Crippen LogP contribution in [0.2, 0.25) is 5.02 Å². The number of imidazole rings is 1. The van der Waals surface area contributed by atoms with Crippen molar-refractivity contribution in [1.29, 1.82) is 0 Å². The first-order valence-corrected chi connectivity index (χ1v) is 7.03. The lowest BCUT2D eigenvalue weighted by atomic mass is 10.3. The minimum absolute atomic E-state index is 0.0349. The Labute approximate surface area is 133 Å². The van der Waals surface area contributed by atoms with E-state index >= 15 is 0 Å². The third kappa shape index (κ3) is 2.34. The highest BCUT2D eigenvalue weighted by molar-refractivity contribution is 6.31. The molecule has 0 unspecified atom stereocenters. The van der Waals surface area contributed by atoms with Gasteiger partial charge in [0.25, 0.3) is 11.5 Å². The highest BCUT2D eigenvalue weighted by atomic mass is 35.5. The van der Waals surface area contributed by atoms with Gasteiger partial charge in [0.05, 0.1) is 16.0 Å². The third-order valence-corrected chi connectivity index (χ3v) is 3.60. The molecule has 4 aromatic rings. The van der Waals surface area contributed by atoms with Gasteiger partial charge in [-0.1, -0.05) is 11.6 Å². The standard InChI is InChI=1S/C14H9ClN6O2/c15-8-1-6-12-11(7-8)17-14-18-13(19-20(12)14)16-9-2-4-10(5-3-9)21(22)23/h1-7H,(H2,16,17,18,19). The number of hydrogen-bond donors (Lipinski definition) is 2. The number of nitro benzene ring substituents is 1. The lowest BCUT2D eigenvalue weighted by Crippen LogP contribution is -1.94. The van der Waals surface area contributed by atoms with Gasteiger partial charge in [0, 0.05) is 22.8 Å². The maximum absolute atomic E-state index is 10.6. The number of H-pyrrole nitrogens is 1. The number of nitrogens with one attached hydrogen (secondary N) is 2. The Hall–Kier alpha value is -3.13. The predicted molar refractivity (Wildman–Crippen MR) is 86.2 cm³/mol. The number of non-ortho nitro benzene ring substituents is 1. The summed E-state index contributed by atoms with van der Waals surface area (Å²) in [6.07, 6.45) is 0. The molecule has 0 aliphatic rings. The van der Waals surface area contributed by atoms with Crippen LogP contribution in [0, 0.1) is 10.1 Å². The summed E-state index contributed by atoms with van der Waals surface area (Å²) in [5.74, 6) is 0.991. The second-order valence-electron chi connectivity index (χ2n) is 4.88. The van der Waals surface area contributed by atoms with Crippen molar-refractivity contribution in [3.63, 3.8) is 0 Å². The Bertz CT molecular complexity index is 1040. The van der Waals surface area contributed by atoms with E-state index in [-0.39, 0.29) is 5.69 Å². The van der Waals surface area contributed by atoms with E-state index in [2.05, 4.69) is 20.4 Å². The number of benzene rings is 2. The summed E-state index contributed by atoms with van der Waals surface area (Å²) in [4.78, 5) is 18.9. The summed E-state index contributed by atoms with van der Waals surface area (Å²) in [7, 11) is 0. The van der Waals surface area contributed by atoms with Gasteiger partial charge in [-0.2, -0.15) is 4.98 Å². The number of hydrogen-bond acceptors (Lipinski definition) is 5. The molecule has 2 aromatic carbocycles. The predicted octanol–water partition coefficient (Wildman–Crippen LogP) is 3.52. The molecule has 2 N–H and O–H groups in total. The van der Waals surface area contributed by atoms with Gasteiger partial charge in [-0.05, 0) is 30.3 Å². The second-order valence-corrected chi connectivity index (χ2v) is 5.32. The van der Waals surface area contributed by atoms with E-state index in [9.17, 15) is 10.1 Å². The molecule has 2 heterocycles. The molecule has 4 rings (SSSR count). The summed E-state index contributed by atoms with van der Waals surface area (Å²) in [5, 5.41) is 17.4. The summed E-state index contributed by atoms with van der Waals surface area (Å²) >= 11 is 5.95. The number of aromatic nitrogens is 4. The molecule has 0 bridgehead atoms. The second kappa shape index (κ2) is 4.96. The lowest BCUT2D eigenvalue weighted by molar-refractivity contribution is -0.384. The van der Waals surface area contributed by atoms with Gasteiger partial charge < -0.3 is 5.32 Å². The van der Waals surface area contributed by atoms with Gasteiger partial charge >= 0.3 is 0 Å². The van der Waals surface area contributed by atoms with Crippen molar-refractivity contribution < 1.29 is 4.92 Å². The molecular weight excluding hydrogens is 320 g/mol. The van der Waals surface area contributed by atoms with Gasteiger partial charge in [-0.15, -0.1) is 0 Å². The number of rotatable bonds is 3. The van der Waals surface area contributed by atoms with Crippen molar-refractivity contribution in [3.05, 3.63) is 57.6 Å². The van der Waals surface area contributed by atoms with Crippen LogP contribution >= 0.6 is 11.6 Å². The molecule has 0 spiro atoms. The van der Waals surface area contributed by atoms with E-state index < -0.39 is 4.92 Å². The number of nitro groups is 1. The van der Waals surface area contributed by atoms with E-state index in [0.717, 1.165) is 11.0 Å². The fraction of sp³-hybridized carbons (Fsp3) is 0. The highest BCUT2D eigenvalue weighted by Gasteiger charge is 2.10. The van der Waals surface area contributed by atoms with Crippen LogP contribution < -0.4 is 5.32 Å². The largest absolute Gasteiger partial charge is 0.325 e. The van der Waals surface area contributed by atoms with Crippen LogP contribution in [0.1, 0.15) is 0 Å². The van der Waals surface area contributed by atoms with Crippen LogP contribution in [0.3, 0.4) is 0 Å². The van der Waals surface area contributed by atoms with Crippen molar-refractivity contribution in [2.45, 2.75) is 0 Å². The van der Waals surface area contributed by atoms with Gasteiger partial charge in [0.2, 0.25) is 5.95 Å². The molecule has 114 valence electrons. The van der Waals surface area contributed by atoms with Crippen molar-refractivity contribution in [2.75, 3.05) is 5.32 Å². The SMILES string of the molecule is O=[N+]([O-])c1ccc(Nc2nc3nc4cc(Cl)ccc4n3[nH]2)cc1. The smallest absolute Gasteiger partial charge is 0.269 e. The third-order valence-electron chi connectivity index (χ3n) is 3.37. The topological polar surface area (TPSA) is 101 Å². The first-order chi connectivity index (χ1) is 11.1. The average molecular weight is 329 g/mol. The van der Waals surface area contributed by atoms with Crippen molar-refractivity contribution >= 4 is 45.7 Å². The molecule has 0 saturated heterocycles. The number of anilines is 2. The quantitative estimate of drug-likeness (QED) is 0.442. The zero-order valence-electron chi connectivity index (χ0n) is 11.5. The van der Waals surface area contributed by atoms with E-state index in [1.165, 1.54) is 12.1 Å². The zero-order chi connectivity index (χ0) is 16.0. The molecule has 2 aromatic heterocycles. The van der Waals surface area contributed by atoms with E-state index in [0.29, 0.717) is 22.4 Å². The molecule has 0 saturated carbocycles. The fourth-order valence-corrected chi connectivity index (χ4v) is 2.48. The fourth-order valence-electron chi connectivity index (χ4n) is 2.32. The van der Waals surface area contributed by atoms with Crippen LogP contribution in [0.25, 0.3) is 16.8 Å². The number of aromatic amines is 1. The molecule has 0 fully saturated rings. The monoisotopic (exact) mass is 328 g/mol. The summed E-state index contributed by atoms with van der Waals surface area (Å²) in [5.41, 5.74) is 2.32. The van der Waals surface area contributed by atoms with Gasteiger partial charge in [0.15, 0.2) is 0 Å². The maximum Gasteiger partial charge on any atom is 0.269 e. The number of nitrogens with zero attached hydrogens (tertiary/aromatic N) is 4. The van der Waals surface area contributed by atoms with Gasteiger partial charge in [0.1, 0.15) is 0 Å². The van der Waals surface area contributed by atoms with Crippen LogP contribution in [-0.4, -0.2) is 24.5 Å². The molecule has 23 heavy (non-hydrogen) atoms. The molecule has 0 aliphatic heterocycles. The Balaban J connectivity index is 1.68. The molecule has 0 radical (unpaired) electrons. The summed E-state index contributed by atoms with van der Waals surface area (Å²) in [6, 6.07) is 11.5. The van der Waals surface area contributed by atoms with Gasteiger partial charge in [-0.3, -0.25) is 15.2 Å². The Morgan fingerprint density at radius 3 is 2.70 bits per heavy atom. The highest BCUT2D eigenvalue weighted by Crippen LogP contribution is 2.22.